The van der Waals surface area contributed by atoms with E-state index in [4.69, 9.17) is 0 Å². The van der Waals surface area contributed by atoms with Crippen LogP contribution >= 0.6 is 22.6 Å². The Kier molecular flexibility index (Phi) is 3.57. The molecule has 6 heteroatoms. The first-order chi connectivity index (χ1) is 5.68. The Morgan fingerprint density at radius 3 is 2.67 bits per heavy atom. The van der Waals surface area contributed by atoms with E-state index in [9.17, 15) is 8.78 Å². The summed E-state index contributed by atoms with van der Waals surface area (Å²) < 4.78 is 28.5. The third kappa shape index (κ3) is 3.24. The zero-order chi connectivity index (χ0) is 8.97. The van der Waals surface area contributed by atoms with Crippen molar-refractivity contribution in [1.29, 1.82) is 0 Å². The number of rotatable bonds is 3. The molecule has 0 aromatic carbocycles. The van der Waals surface area contributed by atoms with E-state index in [-0.39, 0.29) is 5.88 Å². The van der Waals surface area contributed by atoms with E-state index in [1.165, 1.54) is 12.4 Å². The van der Waals surface area contributed by atoms with Crippen LogP contribution in [0.15, 0.2) is 12.4 Å². The zero-order valence-electron chi connectivity index (χ0n) is 5.88. The van der Waals surface area contributed by atoms with Crippen LogP contribution in [0.2, 0.25) is 0 Å². The highest BCUT2D eigenvalue weighted by molar-refractivity contribution is 14.1. The zero-order valence-corrected chi connectivity index (χ0v) is 8.03. The molecule has 0 amide bonds. The highest BCUT2D eigenvalue weighted by atomic mass is 127. The van der Waals surface area contributed by atoms with Crippen molar-refractivity contribution >= 4 is 22.6 Å². The molecule has 1 heterocycles. The third-order valence-electron chi connectivity index (χ3n) is 0.954. The molecule has 0 bridgehead atoms. The molecular formula is C6H5F2IN2O. The molecule has 0 saturated carbocycles. The maximum absolute atomic E-state index is 11.6. The minimum atomic E-state index is -2.48. The van der Waals surface area contributed by atoms with E-state index in [0.29, 0.717) is 3.70 Å². The van der Waals surface area contributed by atoms with Crippen LogP contribution in [0.4, 0.5) is 8.78 Å². The Morgan fingerprint density at radius 1 is 1.42 bits per heavy atom. The van der Waals surface area contributed by atoms with E-state index in [2.05, 4.69) is 14.7 Å². The Morgan fingerprint density at radius 2 is 2.17 bits per heavy atom. The van der Waals surface area contributed by atoms with Gasteiger partial charge >= 0.3 is 0 Å². The summed E-state index contributed by atoms with van der Waals surface area (Å²) in [7, 11) is 0. The van der Waals surface area contributed by atoms with Crippen LogP contribution in [-0.2, 0) is 0 Å². The minimum Gasteiger partial charge on any atom is -0.470 e. The van der Waals surface area contributed by atoms with E-state index in [0.717, 1.165) is 0 Å². The maximum atomic E-state index is 11.6. The molecule has 0 aliphatic heterocycles. The van der Waals surface area contributed by atoms with Crippen molar-refractivity contribution < 1.29 is 13.5 Å². The van der Waals surface area contributed by atoms with Gasteiger partial charge in [-0.2, -0.15) is 0 Å². The molecule has 1 aromatic heterocycles. The number of aromatic nitrogens is 2. The van der Waals surface area contributed by atoms with Gasteiger partial charge in [-0.15, -0.1) is 0 Å². The van der Waals surface area contributed by atoms with Crippen molar-refractivity contribution in [2.75, 3.05) is 6.61 Å². The minimum absolute atomic E-state index is 0.121. The van der Waals surface area contributed by atoms with Crippen molar-refractivity contribution in [3.05, 3.63) is 16.1 Å². The summed E-state index contributed by atoms with van der Waals surface area (Å²) in [4.78, 5) is 7.54. The smallest absolute Gasteiger partial charge is 0.272 e. The first kappa shape index (κ1) is 9.56. The number of nitrogens with zero attached hydrogens (tertiary/aromatic N) is 2. The predicted octanol–water partition coefficient (Wildman–Crippen LogP) is 1.73. The molecule has 0 aliphatic rings. The Balaban J connectivity index is 2.48. The molecule has 0 radical (unpaired) electrons. The summed E-state index contributed by atoms with van der Waals surface area (Å²) in [5.74, 6) is 0.121. The monoisotopic (exact) mass is 286 g/mol. The van der Waals surface area contributed by atoms with Gasteiger partial charge in [-0.25, -0.2) is 18.7 Å². The molecule has 0 aliphatic carbocycles. The van der Waals surface area contributed by atoms with Crippen LogP contribution in [0.25, 0.3) is 0 Å². The second-order valence-corrected chi connectivity index (χ2v) is 2.98. The van der Waals surface area contributed by atoms with Gasteiger partial charge in [0.15, 0.2) is 6.61 Å². The van der Waals surface area contributed by atoms with Gasteiger partial charge in [-0.05, 0) is 22.6 Å². The molecule has 1 aromatic rings. The van der Waals surface area contributed by atoms with Crippen LogP contribution in [0.5, 0.6) is 5.88 Å². The molecule has 1 rings (SSSR count). The maximum Gasteiger partial charge on any atom is 0.272 e. The fraction of sp³-hybridized carbons (Fsp3) is 0.333. The normalized spacial score (nSPS) is 10.3. The van der Waals surface area contributed by atoms with Crippen molar-refractivity contribution in [3.8, 4) is 5.88 Å². The number of hydrogen-bond donors (Lipinski definition) is 0. The standard InChI is InChI=1S/C6H5F2IN2O/c7-4(8)3-12-6-2-10-5(9)1-11-6/h1-2,4H,3H2. The molecule has 0 fully saturated rings. The van der Waals surface area contributed by atoms with Gasteiger partial charge in [-0.3, -0.25) is 0 Å². The second kappa shape index (κ2) is 4.48. The van der Waals surface area contributed by atoms with Crippen LogP contribution in [-0.4, -0.2) is 23.0 Å². The van der Waals surface area contributed by atoms with E-state index < -0.39 is 13.0 Å². The molecule has 3 nitrogen and oxygen atoms in total. The molecule has 12 heavy (non-hydrogen) atoms. The predicted molar refractivity (Wildman–Crippen MR) is 46.2 cm³/mol. The summed E-state index contributed by atoms with van der Waals surface area (Å²) in [6.45, 7) is -0.644. The Labute approximate surface area is 81.3 Å². The largest absolute Gasteiger partial charge is 0.470 e. The second-order valence-electron chi connectivity index (χ2n) is 1.88. The van der Waals surface area contributed by atoms with Gasteiger partial charge in [-0.1, -0.05) is 0 Å². The number of alkyl halides is 2. The molecule has 66 valence electrons. The molecular weight excluding hydrogens is 281 g/mol. The summed E-state index contributed by atoms with van der Waals surface area (Å²) >= 11 is 1.96. The van der Waals surface area contributed by atoms with Gasteiger partial charge in [0.05, 0.1) is 12.4 Å². The molecule has 0 spiro atoms. The van der Waals surface area contributed by atoms with Crippen LogP contribution < -0.4 is 4.74 Å². The fourth-order valence-corrected chi connectivity index (χ4v) is 0.802. The highest BCUT2D eigenvalue weighted by Crippen LogP contribution is 2.06. The third-order valence-corrected chi connectivity index (χ3v) is 1.51. The van der Waals surface area contributed by atoms with Crippen LogP contribution in [0.1, 0.15) is 0 Å². The van der Waals surface area contributed by atoms with Crippen molar-refractivity contribution in [3.63, 3.8) is 0 Å². The van der Waals surface area contributed by atoms with Crippen LogP contribution in [0.3, 0.4) is 0 Å². The first-order valence-corrected chi connectivity index (χ1v) is 4.15. The lowest BCUT2D eigenvalue weighted by molar-refractivity contribution is 0.0793. The SMILES string of the molecule is FC(F)COc1cnc(I)cn1. The number of halogens is 3. The Bertz CT molecular complexity index is 242. The summed E-state index contributed by atoms with van der Waals surface area (Å²) in [6, 6.07) is 0. The van der Waals surface area contributed by atoms with Crippen LogP contribution in [0, 0.1) is 3.70 Å². The molecule has 0 unspecified atom stereocenters. The van der Waals surface area contributed by atoms with Crippen molar-refractivity contribution in [1.82, 2.24) is 9.97 Å². The molecule has 0 saturated heterocycles. The lowest BCUT2D eigenvalue weighted by Crippen LogP contribution is -2.08. The molecule has 0 N–H and O–H groups in total. The molecule has 0 atom stereocenters. The lowest BCUT2D eigenvalue weighted by atomic mass is 10.7. The van der Waals surface area contributed by atoms with Gasteiger partial charge < -0.3 is 4.74 Å². The fourth-order valence-electron chi connectivity index (χ4n) is 0.523. The highest BCUT2D eigenvalue weighted by Gasteiger charge is 2.03. The average Bonchev–Trinajstić information content (AvgIpc) is 2.03. The van der Waals surface area contributed by atoms with Gasteiger partial charge in [0.2, 0.25) is 5.88 Å². The lowest BCUT2D eigenvalue weighted by Gasteiger charge is -2.02. The van der Waals surface area contributed by atoms with E-state index in [1.54, 1.807) is 0 Å². The van der Waals surface area contributed by atoms with E-state index in [1.807, 2.05) is 22.6 Å². The van der Waals surface area contributed by atoms with Crippen molar-refractivity contribution in [2.24, 2.45) is 0 Å². The summed E-state index contributed by atoms with van der Waals surface area (Å²) in [5, 5.41) is 0. The summed E-state index contributed by atoms with van der Waals surface area (Å²) in [5.41, 5.74) is 0. The van der Waals surface area contributed by atoms with E-state index >= 15 is 0 Å². The number of hydrogen-bond acceptors (Lipinski definition) is 3. The first-order valence-electron chi connectivity index (χ1n) is 3.07. The number of ether oxygens (including phenoxy) is 1. The topological polar surface area (TPSA) is 35.0 Å². The van der Waals surface area contributed by atoms with Gasteiger partial charge in [0.1, 0.15) is 3.70 Å². The van der Waals surface area contributed by atoms with Gasteiger partial charge in [0.25, 0.3) is 6.43 Å². The van der Waals surface area contributed by atoms with Crippen molar-refractivity contribution in [2.45, 2.75) is 6.43 Å². The Hall–Kier alpha value is -0.530. The average molecular weight is 286 g/mol. The summed E-state index contributed by atoms with van der Waals surface area (Å²) in [6.07, 6.45) is 0.275. The van der Waals surface area contributed by atoms with Gasteiger partial charge in [0, 0.05) is 0 Å². The quantitative estimate of drug-likeness (QED) is 0.794.